The van der Waals surface area contributed by atoms with Gasteiger partial charge in [-0.25, -0.2) is 4.79 Å². The minimum absolute atomic E-state index is 0.146. The summed E-state index contributed by atoms with van der Waals surface area (Å²) in [6.07, 6.45) is 2.94. The van der Waals surface area contributed by atoms with Gasteiger partial charge in [0.25, 0.3) is 0 Å². The Morgan fingerprint density at radius 3 is 2.88 bits per heavy atom. The van der Waals surface area contributed by atoms with Gasteiger partial charge in [-0.05, 0) is 37.8 Å². The predicted molar refractivity (Wildman–Crippen MR) is 70.1 cm³/mol. The predicted octanol–water partition coefficient (Wildman–Crippen LogP) is 3.33. The Bertz CT molecular complexity index is 355. The summed E-state index contributed by atoms with van der Waals surface area (Å²) >= 11 is 1.66. The molecule has 0 unspecified atom stereocenters. The average molecular weight is 238 g/mol. The third-order valence-electron chi connectivity index (χ3n) is 2.32. The van der Waals surface area contributed by atoms with Crippen LogP contribution in [0.15, 0.2) is 29.2 Å². The molecule has 0 heterocycles. The number of thioether (sulfide) groups is 1. The van der Waals surface area contributed by atoms with Crippen LogP contribution < -0.4 is 10.6 Å². The molecule has 0 aliphatic rings. The van der Waals surface area contributed by atoms with Crippen LogP contribution in [0.2, 0.25) is 0 Å². The summed E-state index contributed by atoms with van der Waals surface area (Å²) in [5, 5.41) is 5.68. The molecule has 4 heteroatoms. The first-order chi connectivity index (χ1) is 7.65. The second-order valence-corrected chi connectivity index (χ2v) is 4.52. The van der Waals surface area contributed by atoms with E-state index < -0.39 is 0 Å². The Balaban J connectivity index is 2.55. The standard InChI is InChI=1S/C12H18N2OS/c1-4-9(2)13-12(15)14-10-6-5-7-11(8-10)16-3/h5-9H,4H2,1-3H3,(H2,13,14,15)/t9-/m0/s1. The van der Waals surface area contributed by atoms with Crippen molar-refractivity contribution in [3.8, 4) is 0 Å². The molecule has 1 aromatic rings. The van der Waals surface area contributed by atoms with Gasteiger partial charge in [-0.15, -0.1) is 11.8 Å². The highest BCUT2D eigenvalue weighted by molar-refractivity contribution is 7.98. The monoisotopic (exact) mass is 238 g/mol. The molecule has 1 atom stereocenters. The normalized spacial score (nSPS) is 11.9. The van der Waals surface area contributed by atoms with Gasteiger partial charge in [-0.1, -0.05) is 13.0 Å². The van der Waals surface area contributed by atoms with Gasteiger partial charge in [0.15, 0.2) is 0 Å². The lowest BCUT2D eigenvalue weighted by molar-refractivity contribution is 0.249. The van der Waals surface area contributed by atoms with Gasteiger partial charge in [0.1, 0.15) is 0 Å². The molecule has 0 spiro atoms. The fraction of sp³-hybridized carbons (Fsp3) is 0.417. The average Bonchev–Trinajstić information content (AvgIpc) is 2.28. The highest BCUT2D eigenvalue weighted by Crippen LogP contribution is 2.18. The van der Waals surface area contributed by atoms with Crippen molar-refractivity contribution in [3.63, 3.8) is 0 Å². The molecule has 0 radical (unpaired) electrons. The van der Waals surface area contributed by atoms with Gasteiger partial charge in [0, 0.05) is 16.6 Å². The van der Waals surface area contributed by atoms with Crippen molar-refractivity contribution in [2.45, 2.75) is 31.2 Å². The lowest BCUT2D eigenvalue weighted by atomic mass is 10.3. The van der Waals surface area contributed by atoms with Crippen LogP contribution >= 0.6 is 11.8 Å². The molecule has 2 amide bonds. The van der Waals surface area contributed by atoms with Gasteiger partial charge in [0.05, 0.1) is 0 Å². The maximum atomic E-state index is 11.6. The smallest absolute Gasteiger partial charge is 0.319 e. The number of hydrogen-bond donors (Lipinski definition) is 2. The van der Waals surface area contributed by atoms with E-state index in [2.05, 4.69) is 10.6 Å². The fourth-order valence-corrected chi connectivity index (χ4v) is 1.65. The van der Waals surface area contributed by atoms with Crippen LogP contribution in [0.3, 0.4) is 0 Å². The van der Waals surface area contributed by atoms with Crippen LogP contribution in [-0.4, -0.2) is 18.3 Å². The van der Waals surface area contributed by atoms with Gasteiger partial charge in [-0.2, -0.15) is 0 Å². The third kappa shape index (κ3) is 4.14. The molecule has 1 rings (SSSR count). The van der Waals surface area contributed by atoms with Crippen molar-refractivity contribution < 1.29 is 4.79 Å². The lowest BCUT2D eigenvalue weighted by Gasteiger charge is -2.12. The number of amides is 2. The molecule has 2 N–H and O–H groups in total. The van der Waals surface area contributed by atoms with E-state index in [0.29, 0.717) is 0 Å². The van der Waals surface area contributed by atoms with Gasteiger partial charge in [0.2, 0.25) is 0 Å². The van der Waals surface area contributed by atoms with E-state index in [1.165, 1.54) is 0 Å². The first-order valence-corrected chi connectivity index (χ1v) is 6.59. The van der Waals surface area contributed by atoms with Crippen molar-refractivity contribution >= 4 is 23.5 Å². The Hall–Kier alpha value is -1.16. The molecule has 0 saturated heterocycles. The molecule has 3 nitrogen and oxygen atoms in total. The molecule has 1 aromatic carbocycles. The second-order valence-electron chi connectivity index (χ2n) is 3.64. The van der Waals surface area contributed by atoms with Crippen LogP contribution in [0, 0.1) is 0 Å². The van der Waals surface area contributed by atoms with Crippen LogP contribution in [0.5, 0.6) is 0 Å². The van der Waals surface area contributed by atoms with Crippen molar-refractivity contribution in [3.05, 3.63) is 24.3 Å². The molecular weight excluding hydrogens is 220 g/mol. The number of nitrogens with one attached hydrogen (secondary N) is 2. The summed E-state index contributed by atoms with van der Waals surface area (Å²) in [5.74, 6) is 0. The van der Waals surface area contributed by atoms with E-state index >= 15 is 0 Å². The second kappa shape index (κ2) is 6.43. The maximum Gasteiger partial charge on any atom is 0.319 e. The largest absolute Gasteiger partial charge is 0.335 e. The van der Waals surface area contributed by atoms with E-state index in [0.717, 1.165) is 17.0 Å². The molecule has 16 heavy (non-hydrogen) atoms. The summed E-state index contributed by atoms with van der Waals surface area (Å²) in [7, 11) is 0. The summed E-state index contributed by atoms with van der Waals surface area (Å²) in [4.78, 5) is 12.7. The first-order valence-electron chi connectivity index (χ1n) is 5.37. The number of hydrogen-bond acceptors (Lipinski definition) is 2. The minimum atomic E-state index is -0.146. The molecule has 0 fully saturated rings. The maximum absolute atomic E-state index is 11.6. The molecule has 0 bridgehead atoms. The van der Waals surface area contributed by atoms with Crippen LogP contribution in [0.25, 0.3) is 0 Å². The first kappa shape index (κ1) is 12.9. The number of anilines is 1. The molecular formula is C12H18N2OS. The van der Waals surface area contributed by atoms with Gasteiger partial charge < -0.3 is 10.6 Å². The fourth-order valence-electron chi connectivity index (χ4n) is 1.19. The number of urea groups is 1. The highest BCUT2D eigenvalue weighted by Gasteiger charge is 2.05. The Kier molecular flexibility index (Phi) is 5.19. The van der Waals surface area contributed by atoms with Crippen LogP contribution in [0.4, 0.5) is 10.5 Å². The van der Waals surface area contributed by atoms with Crippen molar-refractivity contribution in [1.82, 2.24) is 5.32 Å². The van der Waals surface area contributed by atoms with E-state index in [-0.39, 0.29) is 12.1 Å². The lowest BCUT2D eigenvalue weighted by Crippen LogP contribution is -2.35. The van der Waals surface area contributed by atoms with Crippen molar-refractivity contribution in [2.24, 2.45) is 0 Å². The number of carbonyl (C=O) groups excluding carboxylic acids is 1. The Labute approximate surface area is 101 Å². The zero-order chi connectivity index (χ0) is 12.0. The molecule has 88 valence electrons. The SMILES string of the molecule is CC[C@H](C)NC(=O)Nc1cccc(SC)c1. The van der Waals surface area contributed by atoms with Crippen LogP contribution in [-0.2, 0) is 0 Å². The third-order valence-corrected chi connectivity index (χ3v) is 3.04. The number of benzene rings is 1. The molecule has 0 aliphatic heterocycles. The topological polar surface area (TPSA) is 41.1 Å². The Morgan fingerprint density at radius 2 is 2.25 bits per heavy atom. The molecule has 0 saturated carbocycles. The van der Waals surface area contributed by atoms with E-state index in [1.54, 1.807) is 11.8 Å². The highest BCUT2D eigenvalue weighted by atomic mass is 32.2. The summed E-state index contributed by atoms with van der Waals surface area (Å²) in [5.41, 5.74) is 0.827. The summed E-state index contributed by atoms with van der Waals surface area (Å²) < 4.78 is 0. The zero-order valence-corrected chi connectivity index (χ0v) is 10.7. The van der Waals surface area contributed by atoms with Gasteiger partial charge in [-0.3, -0.25) is 0 Å². The van der Waals surface area contributed by atoms with E-state index in [9.17, 15) is 4.79 Å². The Morgan fingerprint density at radius 1 is 1.50 bits per heavy atom. The molecule has 0 aromatic heterocycles. The quantitative estimate of drug-likeness (QED) is 0.790. The van der Waals surface area contributed by atoms with Crippen LogP contribution in [0.1, 0.15) is 20.3 Å². The number of rotatable bonds is 4. The van der Waals surface area contributed by atoms with E-state index in [4.69, 9.17) is 0 Å². The minimum Gasteiger partial charge on any atom is -0.335 e. The zero-order valence-electron chi connectivity index (χ0n) is 9.91. The summed E-state index contributed by atoms with van der Waals surface area (Å²) in [6, 6.07) is 7.85. The molecule has 0 aliphatic carbocycles. The van der Waals surface area contributed by atoms with Gasteiger partial charge >= 0.3 is 6.03 Å². The van der Waals surface area contributed by atoms with E-state index in [1.807, 2.05) is 44.4 Å². The van der Waals surface area contributed by atoms with Crippen molar-refractivity contribution in [1.29, 1.82) is 0 Å². The number of carbonyl (C=O) groups is 1. The van der Waals surface area contributed by atoms with Crippen molar-refractivity contribution in [2.75, 3.05) is 11.6 Å². The summed E-state index contributed by atoms with van der Waals surface area (Å²) in [6.45, 7) is 4.02.